The number of anilines is 2. The molecule has 2 aromatic carbocycles. The van der Waals surface area contributed by atoms with Crippen LogP contribution in [-0.4, -0.2) is 46.2 Å². The van der Waals surface area contributed by atoms with E-state index in [-0.39, 0.29) is 18.2 Å². The average molecular weight is 337 g/mol. The maximum Gasteiger partial charge on any atom is 0.277 e. The van der Waals surface area contributed by atoms with Crippen LogP contribution in [0.3, 0.4) is 0 Å². The lowest BCUT2D eigenvalue weighted by atomic mass is 10.2. The molecule has 0 aliphatic carbocycles. The van der Waals surface area contributed by atoms with Crippen LogP contribution in [0, 0.1) is 0 Å². The van der Waals surface area contributed by atoms with Crippen molar-refractivity contribution in [2.24, 2.45) is 0 Å². The van der Waals surface area contributed by atoms with E-state index in [1.54, 1.807) is 0 Å². The van der Waals surface area contributed by atoms with Crippen LogP contribution in [-0.2, 0) is 0 Å². The molecule has 128 valence electrons. The lowest BCUT2D eigenvalue weighted by Gasteiger charge is -2.18. The monoisotopic (exact) mass is 337 g/mol. The molecule has 2 N–H and O–H groups in total. The highest BCUT2D eigenvalue weighted by atomic mass is 16.3. The summed E-state index contributed by atoms with van der Waals surface area (Å²) in [6.45, 7) is 0.639. The van der Waals surface area contributed by atoms with Crippen molar-refractivity contribution < 1.29 is 9.90 Å². The Morgan fingerprint density at radius 2 is 1.88 bits per heavy atom. The van der Waals surface area contributed by atoms with Crippen molar-refractivity contribution in [3.05, 3.63) is 66.5 Å². The number of aromatic nitrogens is 3. The smallest absolute Gasteiger partial charge is 0.277 e. The van der Waals surface area contributed by atoms with Gasteiger partial charge in [0.15, 0.2) is 5.69 Å². The minimum Gasteiger partial charge on any atom is -0.395 e. The number of para-hydroxylation sites is 1. The van der Waals surface area contributed by atoms with Crippen LogP contribution in [0.2, 0.25) is 0 Å². The minimum atomic E-state index is -0.321. The van der Waals surface area contributed by atoms with Crippen LogP contribution < -0.4 is 10.2 Å². The van der Waals surface area contributed by atoms with Crippen molar-refractivity contribution in [3.63, 3.8) is 0 Å². The summed E-state index contributed by atoms with van der Waals surface area (Å²) in [6.07, 6.45) is 1.44. The Balaban J connectivity index is 1.67. The Morgan fingerprint density at radius 1 is 1.16 bits per heavy atom. The molecule has 0 saturated carbocycles. The molecule has 0 saturated heterocycles. The van der Waals surface area contributed by atoms with Crippen molar-refractivity contribution in [2.45, 2.75) is 0 Å². The number of hydrogen-bond donors (Lipinski definition) is 2. The average Bonchev–Trinajstić information content (AvgIpc) is 3.13. The van der Waals surface area contributed by atoms with Gasteiger partial charge in [0.1, 0.15) is 0 Å². The molecule has 1 aromatic heterocycles. The Bertz CT molecular complexity index is 830. The lowest BCUT2D eigenvalue weighted by Crippen LogP contribution is -2.21. The predicted molar refractivity (Wildman–Crippen MR) is 96.1 cm³/mol. The van der Waals surface area contributed by atoms with Gasteiger partial charge in [-0.25, -0.2) is 0 Å². The molecular weight excluding hydrogens is 318 g/mol. The van der Waals surface area contributed by atoms with Gasteiger partial charge >= 0.3 is 0 Å². The van der Waals surface area contributed by atoms with Crippen molar-refractivity contribution in [1.82, 2.24) is 15.0 Å². The second-order valence-electron chi connectivity index (χ2n) is 5.50. The zero-order chi connectivity index (χ0) is 17.6. The molecule has 25 heavy (non-hydrogen) atoms. The van der Waals surface area contributed by atoms with Crippen molar-refractivity contribution in [1.29, 1.82) is 0 Å². The summed E-state index contributed by atoms with van der Waals surface area (Å²) in [4.78, 5) is 15.7. The van der Waals surface area contributed by atoms with Gasteiger partial charge in [0.25, 0.3) is 5.91 Å². The normalized spacial score (nSPS) is 10.5. The van der Waals surface area contributed by atoms with Crippen molar-refractivity contribution >= 4 is 17.3 Å². The number of likely N-dealkylation sites (N-methyl/N-ethyl adjacent to an activating group) is 1. The van der Waals surface area contributed by atoms with Crippen LogP contribution in [0.25, 0.3) is 5.69 Å². The summed E-state index contributed by atoms with van der Waals surface area (Å²) in [5, 5.41) is 20.1. The molecule has 0 unspecified atom stereocenters. The van der Waals surface area contributed by atoms with Crippen LogP contribution in [0.5, 0.6) is 0 Å². The third kappa shape index (κ3) is 4.02. The molecule has 1 heterocycles. The summed E-state index contributed by atoms with van der Waals surface area (Å²) < 4.78 is 0. The summed E-state index contributed by atoms with van der Waals surface area (Å²) in [5.74, 6) is -0.321. The summed E-state index contributed by atoms with van der Waals surface area (Å²) in [5.41, 5.74) is 2.66. The molecule has 0 bridgehead atoms. The Kier molecular flexibility index (Phi) is 5.06. The number of aliphatic hydroxyl groups excluding tert-OH is 1. The van der Waals surface area contributed by atoms with E-state index >= 15 is 0 Å². The quantitative estimate of drug-likeness (QED) is 0.718. The fourth-order valence-electron chi connectivity index (χ4n) is 2.33. The molecule has 1 amide bonds. The predicted octanol–water partition coefficient (Wildman–Crippen LogP) is 1.95. The number of aliphatic hydroxyl groups is 1. The number of nitrogens with zero attached hydrogens (tertiary/aromatic N) is 4. The fraction of sp³-hybridized carbons (Fsp3) is 0.167. The number of hydrogen-bond acceptors (Lipinski definition) is 5. The van der Waals surface area contributed by atoms with E-state index in [0.29, 0.717) is 12.2 Å². The van der Waals surface area contributed by atoms with Gasteiger partial charge < -0.3 is 15.3 Å². The van der Waals surface area contributed by atoms with Crippen molar-refractivity contribution in [2.75, 3.05) is 30.4 Å². The largest absolute Gasteiger partial charge is 0.395 e. The first-order valence-electron chi connectivity index (χ1n) is 7.88. The molecule has 0 aliphatic heterocycles. The summed E-state index contributed by atoms with van der Waals surface area (Å²) in [7, 11) is 1.89. The molecule has 0 spiro atoms. The molecule has 3 rings (SSSR count). The van der Waals surface area contributed by atoms with E-state index in [9.17, 15) is 4.79 Å². The SMILES string of the molecule is CN(CCO)c1ccc(NC(=O)c2cnn(-c3ccccc3)n2)cc1. The van der Waals surface area contributed by atoms with E-state index in [1.165, 1.54) is 11.0 Å². The van der Waals surface area contributed by atoms with Gasteiger partial charge in [-0.2, -0.15) is 9.90 Å². The van der Waals surface area contributed by atoms with Gasteiger partial charge in [0.2, 0.25) is 0 Å². The highest BCUT2D eigenvalue weighted by molar-refractivity contribution is 6.02. The summed E-state index contributed by atoms with van der Waals surface area (Å²) >= 11 is 0. The second-order valence-corrected chi connectivity index (χ2v) is 5.50. The zero-order valence-corrected chi connectivity index (χ0v) is 13.8. The van der Waals surface area contributed by atoms with Crippen molar-refractivity contribution in [3.8, 4) is 5.69 Å². The first-order chi connectivity index (χ1) is 12.2. The van der Waals surface area contributed by atoms with Crippen LogP contribution in [0.1, 0.15) is 10.5 Å². The van der Waals surface area contributed by atoms with Crippen LogP contribution >= 0.6 is 0 Å². The lowest BCUT2D eigenvalue weighted by molar-refractivity contribution is 0.102. The van der Waals surface area contributed by atoms with E-state index in [4.69, 9.17) is 5.11 Å². The molecule has 7 nitrogen and oxygen atoms in total. The van der Waals surface area contributed by atoms with Gasteiger partial charge in [-0.1, -0.05) is 18.2 Å². The third-order valence-corrected chi connectivity index (χ3v) is 3.71. The van der Waals surface area contributed by atoms with Gasteiger partial charge in [-0.05, 0) is 36.4 Å². The number of amides is 1. The molecule has 0 radical (unpaired) electrons. The number of benzene rings is 2. The Morgan fingerprint density at radius 3 is 2.56 bits per heavy atom. The molecule has 7 heteroatoms. The number of carbonyl (C=O) groups is 1. The van der Waals surface area contributed by atoms with Gasteiger partial charge in [-0.15, -0.1) is 5.10 Å². The maximum atomic E-state index is 12.3. The molecule has 0 aliphatic rings. The second kappa shape index (κ2) is 7.59. The number of rotatable bonds is 6. The Labute approximate surface area is 145 Å². The van der Waals surface area contributed by atoms with Gasteiger partial charge in [0, 0.05) is 25.0 Å². The molecule has 0 fully saturated rings. The van der Waals surface area contributed by atoms with Crippen LogP contribution in [0.15, 0.2) is 60.8 Å². The molecule has 3 aromatic rings. The summed E-state index contributed by atoms with van der Waals surface area (Å²) in [6, 6.07) is 16.8. The van der Waals surface area contributed by atoms with Gasteiger partial charge in [0.05, 0.1) is 18.5 Å². The van der Waals surface area contributed by atoms with E-state index < -0.39 is 0 Å². The Hall–Kier alpha value is -3.19. The standard InChI is InChI=1S/C18H19N5O2/c1-22(11-12-24)15-9-7-14(8-10-15)20-18(25)17-13-19-23(21-17)16-5-3-2-4-6-16/h2-10,13,24H,11-12H2,1H3,(H,20,25). The topological polar surface area (TPSA) is 83.3 Å². The minimum absolute atomic E-state index is 0.0893. The zero-order valence-electron chi connectivity index (χ0n) is 13.8. The van der Waals surface area contributed by atoms with E-state index in [1.807, 2.05) is 66.5 Å². The van der Waals surface area contributed by atoms with E-state index in [2.05, 4.69) is 15.5 Å². The third-order valence-electron chi connectivity index (χ3n) is 3.71. The van der Waals surface area contributed by atoms with Gasteiger partial charge in [-0.3, -0.25) is 4.79 Å². The molecule has 0 atom stereocenters. The highest BCUT2D eigenvalue weighted by Gasteiger charge is 2.12. The van der Waals surface area contributed by atoms with Crippen LogP contribution in [0.4, 0.5) is 11.4 Å². The highest BCUT2D eigenvalue weighted by Crippen LogP contribution is 2.17. The number of carbonyl (C=O) groups excluding carboxylic acids is 1. The molecular formula is C18H19N5O2. The van der Waals surface area contributed by atoms with E-state index in [0.717, 1.165) is 11.4 Å². The maximum absolute atomic E-state index is 12.3. The first-order valence-corrected chi connectivity index (χ1v) is 7.88. The number of nitrogens with one attached hydrogen (secondary N) is 1. The fourth-order valence-corrected chi connectivity index (χ4v) is 2.33. The first kappa shape index (κ1) is 16.7.